The summed E-state index contributed by atoms with van der Waals surface area (Å²) >= 11 is 0. The van der Waals surface area contributed by atoms with Crippen LogP contribution in [0.25, 0.3) is 0 Å². The van der Waals surface area contributed by atoms with Gasteiger partial charge in [0.1, 0.15) is 0 Å². The fourth-order valence-electron chi connectivity index (χ4n) is 1.38. The first-order chi connectivity index (χ1) is 6.00. The number of aromatic amines is 1. The van der Waals surface area contributed by atoms with E-state index >= 15 is 0 Å². The van der Waals surface area contributed by atoms with Gasteiger partial charge in [-0.2, -0.15) is 0 Å². The maximum atomic E-state index is 11.6. The Morgan fingerprint density at radius 1 is 1.46 bits per heavy atom. The molecule has 0 amide bonds. The fraction of sp³-hybridized carbons (Fsp3) is 0.500. The molecule has 0 unspecified atom stereocenters. The summed E-state index contributed by atoms with van der Waals surface area (Å²) in [5.41, 5.74) is 2.81. The van der Waals surface area contributed by atoms with Crippen molar-refractivity contribution in [3.05, 3.63) is 23.0 Å². The Morgan fingerprint density at radius 2 is 2.08 bits per heavy atom. The molecule has 1 aromatic heterocycles. The summed E-state index contributed by atoms with van der Waals surface area (Å²) in [4.78, 5) is 16.6. The highest BCUT2D eigenvalue weighted by Crippen LogP contribution is 2.09. The molecular formula is C10H16N2O. The van der Waals surface area contributed by atoms with Gasteiger partial charge in [0.05, 0.1) is 12.2 Å². The standard InChI is InChI=1S/C10H16N2O/c1-7-5-8(2)11-10(7)9(13)6-12(3)4/h5,11H,6H2,1-4H3. The van der Waals surface area contributed by atoms with Crippen LogP contribution in [0.1, 0.15) is 21.7 Å². The molecule has 0 saturated carbocycles. The predicted molar refractivity (Wildman–Crippen MR) is 53.2 cm³/mol. The van der Waals surface area contributed by atoms with Crippen LogP contribution in [-0.2, 0) is 0 Å². The molecular weight excluding hydrogens is 164 g/mol. The molecule has 0 bridgehead atoms. The molecule has 1 rings (SSSR count). The number of nitrogens with zero attached hydrogens (tertiary/aromatic N) is 1. The number of likely N-dealkylation sites (N-methyl/N-ethyl adjacent to an activating group) is 1. The maximum absolute atomic E-state index is 11.6. The van der Waals surface area contributed by atoms with Crippen molar-refractivity contribution in [1.29, 1.82) is 0 Å². The van der Waals surface area contributed by atoms with Gasteiger partial charge in [0.2, 0.25) is 0 Å². The molecule has 0 radical (unpaired) electrons. The van der Waals surface area contributed by atoms with E-state index in [1.807, 2.05) is 38.9 Å². The topological polar surface area (TPSA) is 36.1 Å². The van der Waals surface area contributed by atoms with E-state index in [1.165, 1.54) is 0 Å². The van der Waals surface area contributed by atoms with Gasteiger partial charge in [-0.25, -0.2) is 0 Å². The quantitative estimate of drug-likeness (QED) is 0.713. The molecule has 1 heterocycles. The van der Waals surface area contributed by atoms with Gasteiger partial charge in [-0.1, -0.05) is 0 Å². The summed E-state index contributed by atoms with van der Waals surface area (Å²) in [6.45, 7) is 4.37. The van der Waals surface area contributed by atoms with E-state index in [9.17, 15) is 4.79 Å². The van der Waals surface area contributed by atoms with Gasteiger partial charge in [0, 0.05) is 5.69 Å². The molecule has 0 saturated heterocycles. The van der Waals surface area contributed by atoms with Crippen LogP contribution in [0.15, 0.2) is 6.07 Å². The molecule has 1 N–H and O–H groups in total. The Bertz CT molecular complexity index is 313. The number of Topliss-reactive ketones (excluding diaryl/α,β-unsaturated/α-hetero) is 1. The summed E-state index contributed by atoms with van der Waals surface area (Å²) in [6, 6.07) is 1.99. The van der Waals surface area contributed by atoms with Crippen molar-refractivity contribution in [2.24, 2.45) is 0 Å². The normalized spacial score (nSPS) is 10.8. The average molecular weight is 180 g/mol. The first-order valence-electron chi connectivity index (χ1n) is 4.35. The summed E-state index contributed by atoms with van der Waals surface area (Å²) in [5.74, 6) is 0.149. The monoisotopic (exact) mass is 180 g/mol. The van der Waals surface area contributed by atoms with Crippen molar-refractivity contribution in [2.45, 2.75) is 13.8 Å². The zero-order valence-electron chi connectivity index (χ0n) is 8.64. The Hall–Kier alpha value is -1.09. The highest BCUT2D eigenvalue weighted by molar-refractivity contribution is 5.97. The average Bonchev–Trinajstić information content (AvgIpc) is 2.28. The first-order valence-corrected chi connectivity index (χ1v) is 4.35. The summed E-state index contributed by atoms with van der Waals surface area (Å²) < 4.78 is 0. The molecule has 1 aromatic rings. The fourth-order valence-corrected chi connectivity index (χ4v) is 1.38. The maximum Gasteiger partial charge on any atom is 0.193 e. The number of carbonyl (C=O) groups excluding carboxylic acids is 1. The van der Waals surface area contributed by atoms with Gasteiger partial charge in [-0.15, -0.1) is 0 Å². The zero-order chi connectivity index (χ0) is 10.0. The van der Waals surface area contributed by atoms with Gasteiger partial charge in [0.25, 0.3) is 0 Å². The van der Waals surface area contributed by atoms with Crippen LogP contribution in [-0.4, -0.2) is 36.3 Å². The summed E-state index contributed by atoms with van der Waals surface area (Å²) in [5, 5.41) is 0. The number of ketones is 1. The van der Waals surface area contributed by atoms with Crippen LogP contribution >= 0.6 is 0 Å². The smallest absolute Gasteiger partial charge is 0.193 e. The van der Waals surface area contributed by atoms with Gasteiger partial charge in [0.15, 0.2) is 5.78 Å². The highest BCUT2D eigenvalue weighted by atomic mass is 16.1. The number of H-pyrrole nitrogens is 1. The molecule has 0 aromatic carbocycles. The predicted octanol–water partition coefficient (Wildman–Crippen LogP) is 1.38. The van der Waals surface area contributed by atoms with E-state index in [4.69, 9.17) is 0 Å². The second-order valence-corrected chi connectivity index (χ2v) is 3.67. The van der Waals surface area contributed by atoms with Crippen LogP contribution in [0, 0.1) is 13.8 Å². The van der Waals surface area contributed by atoms with E-state index in [0.29, 0.717) is 6.54 Å². The Labute approximate surface area is 78.8 Å². The number of carbonyl (C=O) groups is 1. The number of aromatic nitrogens is 1. The van der Waals surface area contributed by atoms with E-state index < -0.39 is 0 Å². The molecule has 13 heavy (non-hydrogen) atoms. The van der Waals surface area contributed by atoms with Crippen molar-refractivity contribution in [3.63, 3.8) is 0 Å². The minimum Gasteiger partial charge on any atom is -0.356 e. The molecule has 72 valence electrons. The molecule has 0 atom stereocenters. The minimum absolute atomic E-state index is 0.149. The van der Waals surface area contributed by atoms with Gasteiger partial charge in [-0.3, -0.25) is 4.79 Å². The van der Waals surface area contributed by atoms with Crippen molar-refractivity contribution >= 4 is 5.78 Å². The highest BCUT2D eigenvalue weighted by Gasteiger charge is 2.11. The third-order valence-electron chi connectivity index (χ3n) is 1.89. The first kappa shape index (κ1) is 9.99. The third kappa shape index (κ3) is 2.42. The van der Waals surface area contributed by atoms with E-state index in [-0.39, 0.29) is 5.78 Å². The number of nitrogens with one attached hydrogen (secondary N) is 1. The van der Waals surface area contributed by atoms with Crippen LogP contribution in [0.5, 0.6) is 0 Å². The van der Waals surface area contributed by atoms with Crippen molar-refractivity contribution in [3.8, 4) is 0 Å². The number of aryl methyl sites for hydroxylation is 2. The second kappa shape index (κ2) is 3.75. The lowest BCUT2D eigenvalue weighted by Gasteiger charge is -2.07. The summed E-state index contributed by atoms with van der Waals surface area (Å²) in [7, 11) is 3.78. The molecule has 0 fully saturated rings. The lowest BCUT2D eigenvalue weighted by atomic mass is 10.2. The van der Waals surface area contributed by atoms with E-state index in [0.717, 1.165) is 17.0 Å². The summed E-state index contributed by atoms with van der Waals surface area (Å²) in [6.07, 6.45) is 0. The Kier molecular flexibility index (Phi) is 2.88. The zero-order valence-corrected chi connectivity index (χ0v) is 8.64. The van der Waals surface area contributed by atoms with Crippen molar-refractivity contribution in [1.82, 2.24) is 9.88 Å². The van der Waals surface area contributed by atoms with Gasteiger partial charge in [-0.05, 0) is 39.6 Å². The molecule has 3 nitrogen and oxygen atoms in total. The third-order valence-corrected chi connectivity index (χ3v) is 1.89. The molecule has 3 heteroatoms. The number of hydrogen-bond donors (Lipinski definition) is 1. The van der Waals surface area contributed by atoms with Crippen LogP contribution in [0.4, 0.5) is 0 Å². The molecule has 0 aliphatic rings. The van der Waals surface area contributed by atoms with E-state index in [2.05, 4.69) is 4.98 Å². The Morgan fingerprint density at radius 3 is 2.46 bits per heavy atom. The largest absolute Gasteiger partial charge is 0.356 e. The van der Waals surface area contributed by atoms with Crippen LogP contribution < -0.4 is 0 Å². The van der Waals surface area contributed by atoms with Gasteiger partial charge < -0.3 is 9.88 Å². The number of rotatable bonds is 3. The number of hydrogen-bond acceptors (Lipinski definition) is 2. The molecule has 0 spiro atoms. The molecule has 0 aliphatic heterocycles. The second-order valence-electron chi connectivity index (χ2n) is 3.67. The minimum atomic E-state index is 0.149. The van der Waals surface area contributed by atoms with Crippen molar-refractivity contribution < 1.29 is 4.79 Å². The van der Waals surface area contributed by atoms with E-state index in [1.54, 1.807) is 0 Å². The lowest BCUT2D eigenvalue weighted by molar-refractivity contribution is 0.0953. The SMILES string of the molecule is Cc1cc(C)c(C(=O)CN(C)C)[nH]1. The Balaban J connectivity index is 2.82. The van der Waals surface area contributed by atoms with Gasteiger partial charge >= 0.3 is 0 Å². The lowest BCUT2D eigenvalue weighted by Crippen LogP contribution is -2.22. The molecule has 0 aliphatic carbocycles. The van der Waals surface area contributed by atoms with Crippen LogP contribution in [0.3, 0.4) is 0 Å². The van der Waals surface area contributed by atoms with Crippen LogP contribution in [0.2, 0.25) is 0 Å². The van der Waals surface area contributed by atoms with Crippen molar-refractivity contribution in [2.75, 3.05) is 20.6 Å².